The summed E-state index contributed by atoms with van der Waals surface area (Å²) < 4.78 is 225. The van der Waals surface area contributed by atoms with Gasteiger partial charge in [-0.05, 0) is 0 Å². The summed E-state index contributed by atoms with van der Waals surface area (Å²) in [7, 11) is -0.0179. The van der Waals surface area contributed by atoms with Gasteiger partial charge in [0, 0.05) is 0 Å². The van der Waals surface area contributed by atoms with Crippen molar-refractivity contribution in [2.24, 2.45) is 0 Å². The van der Waals surface area contributed by atoms with E-state index in [0.717, 1.165) is 0 Å². The number of carbonyl (C=O) groups excluding carboxylic acids is 1. The van der Waals surface area contributed by atoms with Gasteiger partial charge in [0.15, 0.2) is 0 Å². The zero-order valence-corrected chi connectivity index (χ0v) is 13.9. The summed E-state index contributed by atoms with van der Waals surface area (Å²) in [6.07, 6.45) is -15.9. The number of rotatable bonds is 7. The van der Waals surface area contributed by atoms with Crippen LogP contribution >= 0.6 is 0 Å². The predicted octanol–water partition coefficient (Wildman–Crippen LogP) is 5.73. The number of carbonyl (C=O) groups is 1. The molecular weight excluding hydrogens is 499 g/mol. The van der Waals surface area contributed by atoms with Crippen LogP contribution in [-0.4, -0.2) is 60.7 Å². The lowest BCUT2D eigenvalue weighted by Gasteiger charge is -2.46. The van der Waals surface area contributed by atoms with Crippen molar-refractivity contribution in [1.29, 1.82) is 0 Å². The summed E-state index contributed by atoms with van der Waals surface area (Å²) in [5.74, 6) is -45.0. The molecule has 184 valence electrons. The fraction of sp³-hybridized carbons (Fsp3) is 0.750. The molecule has 0 N–H and O–H groups in total. The number of halogens is 17. The minimum atomic E-state index is -8.88. The standard InChI is InChI=1S/C12H5F17O2/c1-3(4(30)31-2)5(13,14)6(15,8(18,19)11(24,25)26)7(16,17)9(20,21)10(22,23)12(27,28)29/h1H2,2H3. The van der Waals surface area contributed by atoms with Gasteiger partial charge in [-0.2, -0.15) is 70.2 Å². The Balaban J connectivity index is 7.55. The monoisotopic (exact) mass is 504 g/mol. The molecule has 0 aliphatic carbocycles. The van der Waals surface area contributed by atoms with Crippen LogP contribution in [0.5, 0.6) is 0 Å². The summed E-state index contributed by atoms with van der Waals surface area (Å²) in [5, 5.41) is 0. The van der Waals surface area contributed by atoms with E-state index in [9.17, 15) is 79.4 Å². The smallest absolute Gasteiger partial charge is 0.460 e. The Bertz CT molecular complexity index is 716. The van der Waals surface area contributed by atoms with E-state index in [1.165, 1.54) is 0 Å². The largest absolute Gasteiger partial charge is 0.466 e. The Morgan fingerprint density at radius 1 is 0.581 bits per heavy atom. The van der Waals surface area contributed by atoms with Crippen LogP contribution in [0.2, 0.25) is 0 Å². The molecule has 0 saturated heterocycles. The first-order valence-corrected chi connectivity index (χ1v) is 6.63. The van der Waals surface area contributed by atoms with E-state index in [0.29, 0.717) is 0 Å². The molecule has 0 spiro atoms. The maximum Gasteiger partial charge on any atom is 0.460 e. The van der Waals surface area contributed by atoms with Gasteiger partial charge in [-0.15, -0.1) is 0 Å². The maximum atomic E-state index is 14.4. The Labute approximate surface area is 158 Å². The van der Waals surface area contributed by atoms with Crippen LogP contribution in [0, 0.1) is 0 Å². The molecule has 0 bridgehead atoms. The first-order chi connectivity index (χ1) is 13.1. The van der Waals surface area contributed by atoms with Crippen molar-refractivity contribution in [3.63, 3.8) is 0 Å². The number of methoxy groups -OCH3 is 1. The molecule has 0 saturated carbocycles. The van der Waals surface area contributed by atoms with Crippen LogP contribution in [0.1, 0.15) is 0 Å². The van der Waals surface area contributed by atoms with Crippen molar-refractivity contribution in [3.8, 4) is 0 Å². The van der Waals surface area contributed by atoms with Gasteiger partial charge in [-0.25, -0.2) is 9.18 Å². The molecule has 1 atom stereocenters. The molecule has 0 aliphatic heterocycles. The second-order valence-corrected chi connectivity index (χ2v) is 5.50. The number of alkyl halides is 17. The highest BCUT2D eigenvalue weighted by molar-refractivity contribution is 5.90. The summed E-state index contributed by atoms with van der Waals surface area (Å²) in [6, 6.07) is 0. The molecule has 0 rings (SSSR count). The number of esters is 1. The molecule has 0 amide bonds. The van der Waals surface area contributed by atoms with Crippen LogP contribution in [0.25, 0.3) is 0 Å². The maximum absolute atomic E-state index is 14.4. The van der Waals surface area contributed by atoms with Gasteiger partial charge < -0.3 is 4.74 Å². The topological polar surface area (TPSA) is 26.3 Å². The number of hydrogen-bond donors (Lipinski definition) is 0. The van der Waals surface area contributed by atoms with Crippen LogP contribution in [0.15, 0.2) is 12.2 Å². The van der Waals surface area contributed by atoms with Crippen molar-refractivity contribution in [1.82, 2.24) is 0 Å². The third-order valence-corrected chi connectivity index (χ3v) is 3.61. The molecule has 0 fully saturated rings. The van der Waals surface area contributed by atoms with Crippen LogP contribution < -0.4 is 0 Å². The molecule has 0 aliphatic rings. The van der Waals surface area contributed by atoms with Crippen molar-refractivity contribution >= 4 is 5.97 Å². The fourth-order valence-corrected chi connectivity index (χ4v) is 1.84. The summed E-state index contributed by atoms with van der Waals surface area (Å²) in [5.41, 5.74) is -12.2. The van der Waals surface area contributed by atoms with Gasteiger partial charge in [0.1, 0.15) is 5.57 Å². The van der Waals surface area contributed by atoms with Crippen LogP contribution in [0.4, 0.5) is 74.6 Å². The van der Waals surface area contributed by atoms with E-state index in [1.807, 2.05) is 0 Å². The van der Waals surface area contributed by atoms with Gasteiger partial charge in [-0.3, -0.25) is 0 Å². The van der Waals surface area contributed by atoms with Gasteiger partial charge in [-0.1, -0.05) is 6.58 Å². The minimum Gasteiger partial charge on any atom is -0.466 e. The van der Waals surface area contributed by atoms with E-state index in [2.05, 4.69) is 4.74 Å². The molecule has 2 nitrogen and oxygen atoms in total. The van der Waals surface area contributed by atoms with Crippen molar-refractivity contribution in [2.45, 2.75) is 47.6 Å². The van der Waals surface area contributed by atoms with Gasteiger partial charge >= 0.3 is 53.6 Å². The molecule has 0 heterocycles. The lowest BCUT2D eigenvalue weighted by Crippen LogP contribution is -2.79. The Morgan fingerprint density at radius 2 is 0.903 bits per heavy atom. The van der Waals surface area contributed by atoms with E-state index in [1.54, 1.807) is 6.58 Å². The van der Waals surface area contributed by atoms with Crippen LogP contribution in [0.3, 0.4) is 0 Å². The van der Waals surface area contributed by atoms with E-state index >= 15 is 0 Å². The van der Waals surface area contributed by atoms with Crippen molar-refractivity contribution in [2.75, 3.05) is 7.11 Å². The average molecular weight is 504 g/mol. The Hall–Kier alpha value is -1.98. The molecule has 0 aromatic heterocycles. The van der Waals surface area contributed by atoms with E-state index < -0.39 is 59.2 Å². The molecule has 1 unspecified atom stereocenters. The highest BCUT2D eigenvalue weighted by Gasteiger charge is 2.98. The normalized spacial score (nSPS) is 17.2. The SMILES string of the molecule is C=C(C(=O)OC)C(F)(F)C(F)(C(F)(F)C(F)(F)F)C(F)(F)C(F)(F)C(F)(F)C(F)(F)F. The summed E-state index contributed by atoms with van der Waals surface area (Å²) in [6.45, 7) is 1.61. The lowest BCUT2D eigenvalue weighted by molar-refractivity contribution is -0.458. The van der Waals surface area contributed by atoms with Crippen LogP contribution in [-0.2, 0) is 9.53 Å². The van der Waals surface area contributed by atoms with Gasteiger partial charge in [0.05, 0.1) is 7.11 Å². The Kier molecular flexibility index (Phi) is 6.81. The third kappa shape index (κ3) is 3.56. The second kappa shape index (κ2) is 7.28. The molecule has 31 heavy (non-hydrogen) atoms. The lowest BCUT2D eigenvalue weighted by atomic mass is 9.76. The molecule has 19 heteroatoms. The third-order valence-electron chi connectivity index (χ3n) is 3.61. The van der Waals surface area contributed by atoms with Crippen molar-refractivity contribution < 1.29 is 84.2 Å². The molecule has 0 aromatic carbocycles. The highest BCUT2D eigenvalue weighted by atomic mass is 19.4. The average Bonchev–Trinajstić information content (AvgIpc) is 2.56. The zero-order valence-electron chi connectivity index (χ0n) is 13.9. The molecule has 0 aromatic rings. The number of ether oxygens (including phenoxy) is 1. The second-order valence-electron chi connectivity index (χ2n) is 5.50. The molecular formula is C12H5F17O2. The summed E-state index contributed by atoms with van der Waals surface area (Å²) >= 11 is 0. The van der Waals surface area contributed by atoms with Gasteiger partial charge in [0.25, 0.3) is 0 Å². The van der Waals surface area contributed by atoms with E-state index in [4.69, 9.17) is 0 Å². The summed E-state index contributed by atoms with van der Waals surface area (Å²) in [4.78, 5) is 10.9. The first-order valence-electron chi connectivity index (χ1n) is 6.63. The fourth-order valence-electron chi connectivity index (χ4n) is 1.84. The Morgan fingerprint density at radius 3 is 1.16 bits per heavy atom. The zero-order chi connectivity index (χ0) is 25.9. The molecule has 0 radical (unpaired) electrons. The number of hydrogen-bond acceptors (Lipinski definition) is 2. The predicted molar refractivity (Wildman–Crippen MR) is 61.8 cm³/mol. The van der Waals surface area contributed by atoms with E-state index in [-0.39, 0.29) is 7.11 Å². The first kappa shape index (κ1) is 29.0. The minimum absolute atomic E-state index is 0.0179. The quantitative estimate of drug-likeness (QED) is 0.252. The highest BCUT2D eigenvalue weighted by Crippen LogP contribution is 2.66. The van der Waals surface area contributed by atoms with Crippen molar-refractivity contribution in [3.05, 3.63) is 12.2 Å². The van der Waals surface area contributed by atoms with Gasteiger partial charge in [0.2, 0.25) is 0 Å².